The Labute approximate surface area is 131 Å². The number of benzene rings is 1. The molecule has 0 aromatic heterocycles. The Morgan fingerprint density at radius 2 is 1.95 bits per heavy atom. The van der Waals surface area contributed by atoms with E-state index in [1.54, 1.807) is 0 Å². The predicted molar refractivity (Wildman–Crippen MR) is 91.3 cm³/mol. The van der Waals surface area contributed by atoms with Crippen molar-refractivity contribution in [2.45, 2.75) is 45.1 Å². The second kappa shape index (κ2) is 7.12. The van der Waals surface area contributed by atoms with Gasteiger partial charge in [0.1, 0.15) is 0 Å². The summed E-state index contributed by atoms with van der Waals surface area (Å²) in [6.07, 6.45) is 6.57. The lowest BCUT2D eigenvalue weighted by molar-refractivity contribution is -0.566. The van der Waals surface area contributed by atoms with Crippen LogP contribution in [0.1, 0.15) is 44.6 Å². The van der Waals surface area contributed by atoms with E-state index in [1.807, 2.05) is 11.8 Å². The summed E-state index contributed by atoms with van der Waals surface area (Å²) < 4.78 is 2.24. The lowest BCUT2D eigenvalue weighted by Gasteiger charge is -2.21. The molecule has 21 heavy (non-hydrogen) atoms. The molecule has 1 aliphatic carbocycles. The summed E-state index contributed by atoms with van der Waals surface area (Å²) >= 11 is 1.84. The predicted octanol–water partition coefficient (Wildman–Crippen LogP) is 3.45. The average molecular weight is 302 g/mol. The summed E-state index contributed by atoms with van der Waals surface area (Å²) in [6, 6.07) is 11.2. The zero-order valence-electron chi connectivity index (χ0n) is 12.7. The third-order valence-electron chi connectivity index (χ3n) is 4.20. The average Bonchev–Trinajstić information content (AvgIpc) is 2.56. The maximum absolute atomic E-state index is 4.93. The summed E-state index contributed by atoms with van der Waals surface area (Å²) in [4.78, 5) is 4.93. The first-order valence-corrected chi connectivity index (χ1v) is 9.01. The van der Waals surface area contributed by atoms with Crippen LogP contribution < -0.4 is 5.43 Å². The quantitative estimate of drug-likeness (QED) is 0.866. The lowest BCUT2D eigenvalue weighted by atomic mass is 9.96. The summed E-state index contributed by atoms with van der Waals surface area (Å²) in [5, 5.41) is 1.10. The number of rotatable bonds is 3. The summed E-state index contributed by atoms with van der Waals surface area (Å²) in [6.45, 7) is 3.14. The standard InChI is InChI=1S/C17H24N3S/c1-2-20-16(14-9-5-3-6-10-14)13-21-17(19-20)18-15-11-7-4-8-12-15/h3,5-6,9-10,15H,2,4,7-8,11-13H2,1H3,(H,18,19)/q+1. The van der Waals surface area contributed by atoms with E-state index in [9.17, 15) is 0 Å². The molecular weight excluding hydrogens is 278 g/mol. The van der Waals surface area contributed by atoms with E-state index in [2.05, 4.69) is 47.4 Å². The Morgan fingerprint density at radius 1 is 1.19 bits per heavy atom. The number of aliphatic imine (C=N–C) groups is 1. The van der Waals surface area contributed by atoms with Gasteiger partial charge in [0.15, 0.2) is 6.54 Å². The highest BCUT2D eigenvalue weighted by atomic mass is 32.2. The Kier molecular flexibility index (Phi) is 4.96. The largest absolute Gasteiger partial charge is 0.255 e. The molecule has 1 heterocycles. The van der Waals surface area contributed by atoms with E-state index in [1.165, 1.54) is 43.4 Å². The minimum atomic E-state index is 0.533. The van der Waals surface area contributed by atoms with Crippen molar-refractivity contribution >= 4 is 22.6 Å². The van der Waals surface area contributed by atoms with E-state index in [4.69, 9.17) is 4.99 Å². The van der Waals surface area contributed by atoms with Gasteiger partial charge < -0.3 is 0 Å². The van der Waals surface area contributed by atoms with Crippen LogP contribution in [0.25, 0.3) is 0 Å². The van der Waals surface area contributed by atoms with Crippen molar-refractivity contribution in [1.29, 1.82) is 0 Å². The Balaban J connectivity index is 1.77. The summed E-state index contributed by atoms with van der Waals surface area (Å²) in [7, 11) is 0. The molecule has 2 aliphatic rings. The normalized spacial score (nSPS) is 22.4. The zero-order chi connectivity index (χ0) is 14.5. The number of hydrogen-bond acceptors (Lipinski definition) is 2. The molecule has 4 heteroatoms. The summed E-state index contributed by atoms with van der Waals surface area (Å²) in [5.74, 6) is 0.996. The molecule has 1 saturated carbocycles. The number of thioether (sulfide) groups is 1. The van der Waals surface area contributed by atoms with Crippen molar-refractivity contribution in [3.8, 4) is 0 Å². The fraction of sp³-hybridized carbons (Fsp3) is 0.529. The van der Waals surface area contributed by atoms with Gasteiger partial charge in [-0.05, 0) is 31.9 Å². The third kappa shape index (κ3) is 3.67. The van der Waals surface area contributed by atoms with Crippen LogP contribution >= 0.6 is 11.8 Å². The second-order valence-corrected chi connectivity index (χ2v) is 6.65. The molecule has 112 valence electrons. The van der Waals surface area contributed by atoms with Crippen LogP contribution in [0.2, 0.25) is 0 Å². The van der Waals surface area contributed by atoms with E-state index in [0.29, 0.717) is 6.04 Å². The molecular formula is C17H24N3S+. The van der Waals surface area contributed by atoms with E-state index in [0.717, 1.165) is 17.5 Å². The Morgan fingerprint density at radius 3 is 2.67 bits per heavy atom. The highest BCUT2D eigenvalue weighted by molar-refractivity contribution is 8.14. The van der Waals surface area contributed by atoms with Gasteiger partial charge in [-0.1, -0.05) is 49.2 Å². The first-order valence-electron chi connectivity index (χ1n) is 8.03. The number of nitrogens with one attached hydrogen (secondary N) is 1. The number of hydrazine groups is 1. The summed E-state index contributed by atoms with van der Waals surface area (Å²) in [5.41, 5.74) is 6.16. The topological polar surface area (TPSA) is 27.4 Å². The molecule has 1 N–H and O–H groups in total. The van der Waals surface area contributed by atoms with Crippen LogP contribution in [0.15, 0.2) is 35.3 Å². The Hall–Kier alpha value is -1.29. The van der Waals surface area contributed by atoms with Gasteiger partial charge >= 0.3 is 0 Å². The molecule has 1 aromatic rings. The number of amidine groups is 1. The minimum Gasteiger partial charge on any atom is -0.255 e. The van der Waals surface area contributed by atoms with Crippen molar-refractivity contribution in [1.82, 2.24) is 5.43 Å². The molecule has 0 unspecified atom stereocenters. The number of hydrogen-bond donors (Lipinski definition) is 1. The first-order chi connectivity index (χ1) is 10.4. The molecule has 0 amide bonds. The molecule has 3 rings (SSSR count). The highest BCUT2D eigenvalue weighted by Gasteiger charge is 2.25. The van der Waals surface area contributed by atoms with Crippen molar-refractivity contribution in [3.05, 3.63) is 35.9 Å². The van der Waals surface area contributed by atoms with Crippen LogP contribution in [-0.2, 0) is 0 Å². The van der Waals surface area contributed by atoms with Crippen molar-refractivity contribution in [2.24, 2.45) is 4.99 Å². The number of hydrazone groups is 1. The van der Waals surface area contributed by atoms with Crippen molar-refractivity contribution in [2.75, 3.05) is 12.3 Å². The minimum absolute atomic E-state index is 0.533. The first kappa shape index (κ1) is 14.6. The maximum atomic E-state index is 4.93. The van der Waals surface area contributed by atoms with E-state index < -0.39 is 0 Å². The Bertz CT molecular complexity index is 530. The second-order valence-electron chi connectivity index (χ2n) is 5.68. The SMILES string of the molecule is CC[N+]1=C(c2ccccc2)CSC(=NC2CCCCC2)N1. The van der Waals surface area contributed by atoms with Gasteiger partial charge in [-0.25, -0.2) is 0 Å². The van der Waals surface area contributed by atoms with Crippen molar-refractivity contribution < 1.29 is 4.68 Å². The molecule has 0 saturated heterocycles. The van der Waals surface area contributed by atoms with Gasteiger partial charge in [0.25, 0.3) is 0 Å². The fourth-order valence-corrected chi connectivity index (χ4v) is 4.01. The molecule has 1 fully saturated rings. The molecule has 1 aliphatic heterocycles. The molecule has 0 spiro atoms. The van der Waals surface area contributed by atoms with Crippen LogP contribution in [0.4, 0.5) is 0 Å². The smallest absolute Gasteiger partial charge is 0.223 e. The lowest BCUT2D eigenvalue weighted by Crippen LogP contribution is -2.43. The van der Waals surface area contributed by atoms with Crippen LogP contribution in [0.3, 0.4) is 0 Å². The zero-order valence-corrected chi connectivity index (χ0v) is 13.5. The van der Waals surface area contributed by atoms with Gasteiger partial charge in [-0.15, -0.1) is 10.1 Å². The van der Waals surface area contributed by atoms with Gasteiger partial charge in [-0.3, -0.25) is 4.99 Å². The third-order valence-corrected chi connectivity index (χ3v) is 5.09. The van der Waals surface area contributed by atoms with Crippen molar-refractivity contribution in [3.63, 3.8) is 0 Å². The monoisotopic (exact) mass is 302 g/mol. The number of nitrogens with zero attached hydrogens (tertiary/aromatic N) is 2. The van der Waals surface area contributed by atoms with Crippen LogP contribution in [0.5, 0.6) is 0 Å². The van der Waals surface area contributed by atoms with Crippen LogP contribution in [-0.4, -0.2) is 33.9 Å². The molecule has 0 bridgehead atoms. The highest BCUT2D eigenvalue weighted by Crippen LogP contribution is 2.22. The van der Waals surface area contributed by atoms with Gasteiger partial charge in [0.2, 0.25) is 10.9 Å². The van der Waals surface area contributed by atoms with Gasteiger partial charge in [-0.2, -0.15) is 0 Å². The molecule has 0 radical (unpaired) electrons. The fourth-order valence-electron chi connectivity index (χ4n) is 3.01. The molecule has 0 atom stereocenters. The van der Waals surface area contributed by atoms with E-state index in [-0.39, 0.29) is 0 Å². The molecule has 1 aromatic carbocycles. The molecule has 3 nitrogen and oxygen atoms in total. The maximum Gasteiger partial charge on any atom is 0.223 e. The van der Waals surface area contributed by atoms with E-state index >= 15 is 0 Å². The van der Waals surface area contributed by atoms with Crippen LogP contribution in [0, 0.1) is 0 Å². The van der Waals surface area contributed by atoms with Gasteiger partial charge in [0, 0.05) is 5.56 Å². The van der Waals surface area contributed by atoms with Gasteiger partial charge in [0.05, 0.1) is 11.8 Å².